The number of halogens is 2. The van der Waals surface area contributed by atoms with Crippen LogP contribution in [0.2, 0.25) is 0 Å². The summed E-state index contributed by atoms with van der Waals surface area (Å²) in [7, 11) is 0. The number of amides is 2. The summed E-state index contributed by atoms with van der Waals surface area (Å²) in [6, 6.07) is 14.7. The zero-order valence-corrected chi connectivity index (χ0v) is 19.6. The van der Waals surface area contributed by atoms with E-state index in [1.54, 1.807) is 4.90 Å². The number of carbonyl (C=O) groups is 1. The van der Waals surface area contributed by atoms with Crippen LogP contribution in [-0.4, -0.2) is 21.0 Å². The van der Waals surface area contributed by atoms with Crippen molar-refractivity contribution in [2.75, 3.05) is 0 Å². The molecule has 0 spiro atoms. The zero-order chi connectivity index (χ0) is 23.7. The number of benzene rings is 2. The van der Waals surface area contributed by atoms with Gasteiger partial charge in [0.15, 0.2) is 0 Å². The van der Waals surface area contributed by atoms with E-state index in [0.29, 0.717) is 29.9 Å². The Kier molecular flexibility index (Phi) is 4.64. The number of hydrogen-bond donors (Lipinski definition) is 1. The van der Waals surface area contributed by atoms with Gasteiger partial charge in [0.2, 0.25) is 0 Å². The van der Waals surface area contributed by atoms with Crippen LogP contribution in [0, 0.1) is 29.4 Å². The molecule has 0 radical (unpaired) electrons. The molecule has 1 aromatic heterocycles. The average molecular weight is 474 g/mol. The summed E-state index contributed by atoms with van der Waals surface area (Å²) in [4.78, 5) is 15.9. The summed E-state index contributed by atoms with van der Waals surface area (Å²) in [6.45, 7) is 0.360. The monoisotopic (exact) mass is 473 g/mol. The van der Waals surface area contributed by atoms with E-state index in [2.05, 4.69) is 5.32 Å². The number of para-hydroxylation sites is 1. The van der Waals surface area contributed by atoms with Gasteiger partial charge in [-0.2, -0.15) is 0 Å². The highest BCUT2D eigenvalue weighted by atomic mass is 19.1. The van der Waals surface area contributed by atoms with E-state index < -0.39 is 17.7 Å². The molecule has 2 amide bonds. The molecule has 2 heterocycles. The molecular weight excluding hydrogens is 444 g/mol. The lowest BCUT2D eigenvalue weighted by molar-refractivity contribution is -0.0163. The molecular formula is C29H29F2N3O. The summed E-state index contributed by atoms with van der Waals surface area (Å²) in [5.41, 5.74) is 3.10. The van der Waals surface area contributed by atoms with Crippen LogP contribution < -0.4 is 5.32 Å². The molecule has 4 aliphatic carbocycles. The number of carbonyl (C=O) groups excluding carboxylic acids is 1. The number of nitrogens with one attached hydrogen (secondary N) is 1. The largest absolute Gasteiger partial charge is 0.332 e. The van der Waals surface area contributed by atoms with Crippen molar-refractivity contribution in [3.05, 3.63) is 89.2 Å². The molecule has 4 fully saturated rings. The van der Waals surface area contributed by atoms with Gasteiger partial charge in [-0.3, -0.25) is 0 Å². The van der Waals surface area contributed by atoms with Crippen LogP contribution in [0.25, 0.3) is 5.69 Å². The van der Waals surface area contributed by atoms with Gasteiger partial charge in [0, 0.05) is 23.5 Å². The van der Waals surface area contributed by atoms with Gasteiger partial charge in [-0.05, 0) is 97.7 Å². The molecule has 5 aliphatic rings. The molecule has 1 N–H and O–H groups in total. The first-order chi connectivity index (χ1) is 17.0. The van der Waals surface area contributed by atoms with Crippen LogP contribution in [0.4, 0.5) is 13.6 Å². The standard InChI is InChI=1S/C29H29F2N3O/c30-23-11-22(12-24(31)13-23)27-26-6-3-7-33(26)25-5-2-1-4-21(25)17-34(27)28(35)32-29-14-18-8-19(15-29)10-20(9-18)16-29/h1-7,11-13,18-20,27H,8-10,14-17H2,(H,32,35)/t18?,19?,20?,27-,29?/m0/s1. The van der Waals surface area contributed by atoms with Crippen LogP contribution in [-0.2, 0) is 6.54 Å². The molecule has 4 nitrogen and oxygen atoms in total. The molecule has 4 saturated carbocycles. The van der Waals surface area contributed by atoms with Crippen molar-refractivity contribution in [1.82, 2.24) is 14.8 Å². The molecule has 8 rings (SSSR count). The molecule has 1 aliphatic heterocycles. The predicted octanol–water partition coefficient (Wildman–Crippen LogP) is 6.34. The van der Waals surface area contributed by atoms with Crippen LogP contribution in [0.5, 0.6) is 0 Å². The first-order valence-electron chi connectivity index (χ1n) is 12.8. The van der Waals surface area contributed by atoms with E-state index in [1.807, 2.05) is 47.2 Å². The summed E-state index contributed by atoms with van der Waals surface area (Å²) in [5, 5.41) is 3.50. The van der Waals surface area contributed by atoms with E-state index in [-0.39, 0.29) is 11.6 Å². The quantitative estimate of drug-likeness (QED) is 0.463. The van der Waals surface area contributed by atoms with Gasteiger partial charge < -0.3 is 14.8 Å². The smallest absolute Gasteiger partial charge is 0.318 e. The highest BCUT2D eigenvalue weighted by Gasteiger charge is 2.52. The molecule has 0 unspecified atom stereocenters. The van der Waals surface area contributed by atoms with Gasteiger partial charge in [0.05, 0.1) is 18.3 Å². The van der Waals surface area contributed by atoms with E-state index in [1.165, 1.54) is 31.4 Å². The third-order valence-electron chi connectivity index (χ3n) is 8.84. The average Bonchev–Trinajstić information content (AvgIpc) is 3.21. The van der Waals surface area contributed by atoms with Crippen LogP contribution in [0.1, 0.15) is 61.4 Å². The molecule has 2 aromatic carbocycles. The second-order valence-corrected chi connectivity index (χ2v) is 11.3. The Morgan fingerprint density at radius 1 is 0.886 bits per heavy atom. The lowest BCUT2D eigenvalue weighted by Gasteiger charge is -2.57. The summed E-state index contributed by atoms with van der Waals surface area (Å²) in [6.07, 6.45) is 8.98. The number of aromatic nitrogens is 1. The number of fused-ring (bicyclic) bond motifs is 3. The second-order valence-electron chi connectivity index (χ2n) is 11.3. The maximum Gasteiger partial charge on any atom is 0.318 e. The fraction of sp³-hybridized carbons (Fsp3) is 0.414. The number of nitrogens with zero attached hydrogens (tertiary/aromatic N) is 2. The fourth-order valence-corrected chi connectivity index (χ4v) is 7.99. The van der Waals surface area contributed by atoms with Gasteiger partial charge in [-0.1, -0.05) is 18.2 Å². The maximum atomic E-state index is 14.4. The van der Waals surface area contributed by atoms with Gasteiger partial charge >= 0.3 is 6.03 Å². The van der Waals surface area contributed by atoms with Crippen molar-refractivity contribution in [2.24, 2.45) is 17.8 Å². The number of hydrogen-bond acceptors (Lipinski definition) is 1. The van der Waals surface area contributed by atoms with Gasteiger partial charge in [0.1, 0.15) is 11.6 Å². The Labute approximate surface area is 203 Å². The Morgan fingerprint density at radius 2 is 1.54 bits per heavy atom. The van der Waals surface area contributed by atoms with E-state index >= 15 is 0 Å². The third-order valence-corrected chi connectivity index (χ3v) is 8.84. The second kappa shape index (κ2) is 7.67. The van der Waals surface area contributed by atoms with Crippen LogP contribution in [0.15, 0.2) is 60.8 Å². The Bertz CT molecular complexity index is 1260. The molecule has 35 heavy (non-hydrogen) atoms. The Balaban J connectivity index is 1.32. The molecule has 6 heteroatoms. The summed E-state index contributed by atoms with van der Waals surface area (Å²) in [5.74, 6) is 0.841. The summed E-state index contributed by atoms with van der Waals surface area (Å²) >= 11 is 0. The Hall–Kier alpha value is -3.15. The minimum atomic E-state index is -0.638. The van der Waals surface area contributed by atoms with Gasteiger partial charge in [0.25, 0.3) is 0 Å². The number of rotatable bonds is 2. The molecule has 4 bridgehead atoms. The SMILES string of the molecule is O=C(NC12CC3CC(CC(C3)C1)C2)N1Cc2ccccc2-n2cccc2[C@@H]1c1cc(F)cc(F)c1. The van der Waals surface area contributed by atoms with Crippen LogP contribution in [0.3, 0.4) is 0 Å². The lowest BCUT2D eigenvalue weighted by atomic mass is 9.53. The molecule has 1 atom stereocenters. The lowest BCUT2D eigenvalue weighted by Crippen LogP contribution is -2.62. The Morgan fingerprint density at radius 3 is 2.23 bits per heavy atom. The van der Waals surface area contributed by atoms with Gasteiger partial charge in [-0.15, -0.1) is 0 Å². The van der Waals surface area contributed by atoms with Gasteiger partial charge in [-0.25, -0.2) is 13.6 Å². The first-order valence-corrected chi connectivity index (χ1v) is 12.8. The maximum absolute atomic E-state index is 14.4. The van der Waals surface area contributed by atoms with Crippen molar-refractivity contribution in [2.45, 2.75) is 56.7 Å². The highest BCUT2D eigenvalue weighted by Crippen LogP contribution is 2.55. The number of urea groups is 1. The summed E-state index contributed by atoms with van der Waals surface area (Å²) < 4.78 is 30.8. The molecule has 180 valence electrons. The van der Waals surface area contributed by atoms with Crippen molar-refractivity contribution in [3.8, 4) is 5.69 Å². The normalized spacial score (nSPS) is 30.5. The minimum Gasteiger partial charge on any atom is -0.332 e. The van der Waals surface area contributed by atoms with Crippen molar-refractivity contribution in [3.63, 3.8) is 0 Å². The molecule has 3 aromatic rings. The molecule has 0 saturated heterocycles. The highest BCUT2D eigenvalue weighted by molar-refractivity contribution is 5.77. The van der Waals surface area contributed by atoms with Crippen molar-refractivity contribution in [1.29, 1.82) is 0 Å². The topological polar surface area (TPSA) is 37.3 Å². The van der Waals surface area contributed by atoms with E-state index in [9.17, 15) is 13.6 Å². The zero-order valence-electron chi connectivity index (χ0n) is 19.6. The fourth-order valence-electron chi connectivity index (χ4n) is 7.99. The van der Waals surface area contributed by atoms with Crippen LogP contribution >= 0.6 is 0 Å². The third kappa shape index (κ3) is 3.48. The van der Waals surface area contributed by atoms with Crippen molar-refractivity contribution >= 4 is 6.03 Å². The van der Waals surface area contributed by atoms with E-state index in [0.717, 1.165) is 42.3 Å². The first kappa shape index (κ1) is 21.2. The van der Waals surface area contributed by atoms with E-state index in [4.69, 9.17) is 0 Å². The van der Waals surface area contributed by atoms with Crippen molar-refractivity contribution < 1.29 is 13.6 Å². The minimum absolute atomic E-state index is 0.147. The predicted molar refractivity (Wildman–Crippen MR) is 129 cm³/mol.